The second-order valence-electron chi connectivity index (χ2n) is 9.20. The summed E-state index contributed by atoms with van der Waals surface area (Å²) in [6.45, 7) is 1.63. The van der Waals surface area contributed by atoms with Crippen LogP contribution in [0.1, 0.15) is 43.7 Å². The number of primary amides is 1. The Labute approximate surface area is 232 Å². The largest absolute Gasteiger partial charge is 0.481 e. The summed E-state index contributed by atoms with van der Waals surface area (Å²) in [5, 5.41) is 27.4. The summed E-state index contributed by atoms with van der Waals surface area (Å²) in [5.41, 5.74) is 6.81. The van der Waals surface area contributed by atoms with E-state index in [-0.39, 0.29) is 25.9 Å². The van der Waals surface area contributed by atoms with Crippen molar-refractivity contribution in [2.24, 2.45) is 5.73 Å². The molecular weight excluding hydrogens is 520 g/mol. The number of nitrogens with one attached hydrogen (secondary N) is 3. The molecule has 0 unspecified atom stereocenters. The number of carbonyl (C=O) groups excluding carboxylic acids is 4. The van der Waals surface area contributed by atoms with Gasteiger partial charge in [-0.2, -0.15) is 0 Å². The number of carbonyl (C=O) groups is 5. The number of nitrogens with two attached hydrogens (primary N) is 1. The Balaban J connectivity index is 2.08. The van der Waals surface area contributed by atoms with E-state index in [1.54, 1.807) is 55.5 Å². The van der Waals surface area contributed by atoms with Crippen molar-refractivity contribution in [2.75, 3.05) is 0 Å². The quantitative estimate of drug-likeness (QED) is 0.176. The Morgan fingerprint density at radius 2 is 1.48 bits per heavy atom. The lowest BCUT2D eigenvalue weighted by molar-refractivity contribution is -0.138. The van der Waals surface area contributed by atoms with E-state index in [1.807, 2.05) is 12.1 Å². The molecule has 4 atom stereocenters. The number of aliphatic hydroxyl groups excluding tert-OH is 1. The molecule has 0 saturated heterocycles. The molecular formula is C28H36N4O8. The van der Waals surface area contributed by atoms with Crippen molar-refractivity contribution in [3.8, 4) is 0 Å². The highest BCUT2D eigenvalue weighted by Crippen LogP contribution is 2.11. The summed E-state index contributed by atoms with van der Waals surface area (Å²) in [4.78, 5) is 60.6. The Hall–Kier alpha value is -4.45. The fourth-order valence-electron chi connectivity index (χ4n) is 3.84. The zero-order chi connectivity index (χ0) is 29.5. The molecule has 40 heavy (non-hydrogen) atoms. The van der Waals surface area contributed by atoms with E-state index in [0.717, 1.165) is 11.1 Å². The standard InChI is InChI=1S/C28H36N4O8/c1-2-20(26(29)37)31-27(38)21(13-14-25(35)36)30-24(34)16-23(33)22(15-18-9-5-3-6-10-18)32-28(39)40-17-19-11-7-4-8-12-19/h3-12,20-23,33H,2,13-17H2,1H3,(H2,29,37)(H,30,34)(H,31,38)(H,32,39)(H,35,36)/t20-,21-,22-,23-/m0/s1. The Kier molecular flexibility index (Phi) is 13.1. The van der Waals surface area contributed by atoms with Crippen molar-refractivity contribution >= 4 is 29.8 Å². The van der Waals surface area contributed by atoms with E-state index in [1.165, 1.54) is 0 Å². The van der Waals surface area contributed by atoms with Crippen molar-refractivity contribution in [1.82, 2.24) is 16.0 Å². The molecule has 0 fully saturated rings. The minimum atomic E-state index is -1.39. The average molecular weight is 557 g/mol. The number of carboxylic acid groups (broad SMARTS) is 1. The van der Waals surface area contributed by atoms with Gasteiger partial charge in [0.1, 0.15) is 18.7 Å². The third-order valence-electron chi connectivity index (χ3n) is 6.04. The Bertz CT molecular complexity index is 1130. The van der Waals surface area contributed by atoms with E-state index >= 15 is 0 Å². The van der Waals surface area contributed by atoms with Crippen LogP contribution in [0.2, 0.25) is 0 Å². The lowest BCUT2D eigenvalue weighted by atomic mass is 9.98. The molecule has 4 amide bonds. The molecule has 0 heterocycles. The zero-order valence-electron chi connectivity index (χ0n) is 22.2. The SMILES string of the molecule is CC[C@H](NC(=O)[C@H](CCC(=O)O)NC(=O)C[C@H](O)[C@H](Cc1ccccc1)NC(=O)OCc1ccccc1)C(N)=O. The van der Waals surface area contributed by atoms with Gasteiger partial charge in [0.15, 0.2) is 0 Å². The highest BCUT2D eigenvalue weighted by atomic mass is 16.5. The van der Waals surface area contributed by atoms with Gasteiger partial charge < -0.3 is 36.6 Å². The van der Waals surface area contributed by atoms with Gasteiger partial charge in [0, 0.05) is 6.42 Å². The van der Waals surface area contributed by atoms with Crippen molar-refractivity contribution < 1.29 is 38.9 Å². The number of benzene rings is 2. The first-order valence-electron chi connectivity index (χ1n) is 12.9. The highest BCUT2D eigenvalue weighted by Gasteiger charge is 2.29. The fourth-order valence-corrected chi connectivity index (χ4v) is 3.84. The molecule has 0 spiro atoms. The predicted molar refractivity (Wildman–Crippen MR) is 145 cm³/mol. The van der Waals surface area contributed by atoms with Crippen LogP contribution in [0.3, 0.4) is 0 Å². The number of hydrogen-bond acceptors (Lipinski definition) is 7. The van der Waals surface area contributed by atoms with Crippen LogP contribution in [0.4, 0.5) is 4.79 Å². The summed E-state index contributed by atoms with van der Waals surface area (Å²) in [6, 6.07) is 14.8. The third-order valence-corrected chi connectivity index (χ3v) is 6.04. The second kappa shape index (κ2) is 16.5. The summed E-state index contributed by atoms with van der Waals surface area (Å²) >= 11 is 0. The maximum absolute atomic E-state index is 12.8. The topological polar surface area (TPSA) is 197 Å². The maximum atomic E-state index is 12.8. The minimum Gasteiger partial charge on any atom is -0.481 e. The van der Waals surface area contributed by atoms with Crippen molar-refractivity contribution in [2.45, 2.75) is 69.9 Å². The lowest BCUT2D eigenvalue weighted by Crippen LogP contribution is -2.53. The molecule has 7 N–H and O–H groups in total. The molecule has 12 nitrogen and oxygen atoms in total. The van der Waals surface area contributed by atoms with Gasteiger partial charge in [-0.1, -0.05) is 67.6 Å². The first-order chi connectivity index (χ1) is 19.1. The number of carboxylic acids is 1. The summed E-state index contributed by atoms with van der Waals surface area (Å²) in [6.07, 6.45) is -3.00. The van der Waals surface area contributed by atoms with E-state index in [2.05, 4.69) is 16.0 Å². The predicted octanol–water partition coefficient (Wildman–Crippen LogP) is 1.00. The molecule has 12 heteroatoms. The Morgan fingerprint density at radius 1 is 0.875 bits per heavy atom. The van der Waals surface area contributed by atoms with E-state index in [9.17, 15) is 29.1 Å². The van der Waals surface area contributed by atoms with Crippen LogP contribution >= 0.6 is 0 Å². The summed E-state index contributed by atoms with van der Waals surface area (Å²) < 4.78 is 5.26. The lowest BCUT2D eigenvalue weighted by Gasteiger charge is -2.25. The van der Waals surface area contributed by atoms with Crippen LogP contribution in [-0.2, 0) is 36.9 Å². The normalized spacial score (nSPS) is 13.7. The first kappa shape index (κ1) is 31.8. The molecule has 0 saturated carbocycles. The smallest absolute Gasteiger partial charge is 0.407 e. The van der Waals surface area contributed by atoms with Crippen molar-refractivity contribution in [3.63, 3.8) is 0 Å². The van der Waals surface area contributed by atoms with Gasteiger partial charge in [-0.15, -0.1) is 0 Å². The van der Waals surface area contributed by atoms with E-state index in [4.69, 9.17) is 15.6 Å². The van der Waals surface area contributed by atoms with Gasteiger partial charge in [-0.05, 0) is 30.4 Å². The molecule has 0 radical (unpaired) electrons. The third kappa shape index (κ3) is 11.5. The average Bonchev–Trinajstić information content (AvgIpc) is 2.93. The molecule has 0 aliphatic carbocycles. The Morgan fingerprint density at radius 3 is 2.02 bits per heavy atom. The van der Waals surface area contributed by atoms with Gasteiger partial charge >= 0.3 is 12.1 Å². The molecule has 2 aromatic rings. The van der Waals surface area contributed by atoms with Crippen molar-refractivity contribution in [1.29, 1.82) is 0 Å². The number of aliphatic hydroxyl groups is 1. The zero-order valence-corrected chi connectivity index (χ0v) is 22.2. The van der Waals surface area contributed by atoms with Crippen LogP contribution in [0.15, 0.2) is 60.7 Å². The first-order valence-corrected chi connectivity index (χ1v) is 12.9. The van der Waals surface area contributed by atoms with Crippen LogP contribution in [-0.4, -0.2) is 64.2 Å². The van der Waals surface area contributed by atoms with Crippen LogP contribution < -0.4 is 21.7 Å². The number of rotatable bonds is 16. The monoisotopic (exact) mass is 556 g/mol. The van der Waals surface area contributed by atoms with E-state index in [0.29, 0.717) is 0 Å². The van der Waals surface area contributed by atoms with Crippen LogP contribution in [0.25, 0.3) is 0 Å². The second-order valence-corrected chi connectivity index (χ2v) is 9.20. The van der Waals surface area contributed by atoms with Gasteiger partial charge in [0.2, 0.25) is 17.7 Å². The molecule has 216 valence electrons. The maximum Gasteiger partial charge on any atom is 0.407 e. The van der Waals surface area contributed by atoms with Gasteiger partial charge in [0.25, 0.3) is 0 Å². The molecule has 2 aromatic carbocycles. The molecule has 0 bridgehead atoms. The highest BCUT2D eigenvalue weighted by molar-refractivity contribution is 5.92. The van der Waals surface area contributed by atoms with E-state index < -0.39 is 66.9 Å². The minimum absolute atomic E-state index is 0.00569. The van der Waals surface area contributed by atoms with Gasteiger partial charge in [-0.25, -0.2) is 4.79 Å². The number of alkyl carbamates (subject to hydrolysis) is 1. The molecule has 2 rings (SSSR count). The van der Waals surface area contributed by atoms with Gasteiger partial charge in [0.05, 0.1) is 18.6 Å². The number of amides is 4. The number of aliphatic carboxylic acids is 1. The fraction of sp³-hybridized carbons (Fsp3) is 0.393. The van der Waals surface area contributed by atoms with Gasteiger partial charge in [-0.3, -0.25) is 19.2 Å². The van der Waals surface area contributed by atoms with Crippen molar-refractivity contribution in [3.05, 3.63) is 71.8 Å². The molecule has 0 aliphatic heterocycles. The molecule has 0 aliphatic rings. The summed E-state index contributed by atoms with van der Waals surface area (Å²) in [5.74, 6) is -3.50. The number of hydrogen-bond donors (Lipinski definition) is 6. The van der Waals surface area contributed by atoms with Crippen LogP contribution in [0, 0.1) is 0 Å². The molecule has 0 aromatic heterocycles. The summed E-state index contributed by atoms with van der Waals surface area (Å²) in [7, 11) is 0. The van der Waals surface area contributed by atoms with Crippen LogP contribution in [0.5, 0.6) is 0 Å². The number of ether oxygens (including phenoxy) is 1.